The molecule has 1 fully saturated rings. The Morgan fingerprint density at radius 2 is 1.79 bits per heavy atom. The van der Waals surface area contributed by atoms with E-state index >= 15 is 0 Å². The van der Waals surface area contributed by atoms with Gasteiger partial charge in [0.05, 0.1) is 11.9 Å². The van der Waals surface area contributed by atoms with Gasteiger partial charge >= 0.3 is 0 Å². The fraction of sp³-hybridized carbons (Fsp3) is 0.500. The molecule has 0 N–H and O–H groups in total. The topological polar surface area (TPSA) is 57.7 Å². The van der Waals surface area contributed by atoms with Crippen LogP contribution in [0.2, 0.25) is 0 Å². The molecule has 5 nitrogen and oxygen atoms in total. The zero-order valence-electron chi connectivity index (χ0n) is 14.4. The molecule has 1 aliphatic heterocycles. The van der Waals surface area contributed by atoms with Crippen LogP contribution in [-0.4, -0.2) is 45.6 Å². The molecule has 0 unspecified atom stereocenters. The lowest BCUT2D eigenvalue weighted by Gasteiger charge is -2.21. The number of fused-ring (bicyclic) bond motifs is 1. The van der Waals surface area contributed by atoms with E-state index in [0.717, 1.165) is 32.2 Å². The van der Waals surface area contributed by atoms with E-state index < -0.39 is 10.0 Å². The maximum Gasteiger partial charge on any atom is 0.253 e. The molecule has 6 heteroatoms. The molecular formula is C18H24N2O3S. The molecule has 1 aromatic carbocycles. The fourth-order valence-corrected chi connectivity index (χ4v) is 4.14. The lowest BCUT2D eigenvalue weighted by Crippen LogP contribution is -2.29. The maximum atomic E-state index is 12.7. The Morgan fingerprint density at radius 1 is 1.17 bits per heavy atom. The van der Waals surface area contributed by atoms with Crippen molar-refractivity contribution in [1.82, 2.24) is 4.90 Å². The quantitative estimate of drug-likeness (QED) is 0.789. The molecule has 1 heterocycles. The van der Waals surface area contributed by atoms with Gasteiger partial charge in [0.1, 0.15) is 0 Å². The van der Waals surface area contributed by atoms with Gasteiger partial charge in [-0.15, -0.1) is 0 Å². The predicted octanol–water partition coefficient (Wildman–Crippen LogP) is 2.51. The summed E-state index contributed by atoms with van der Waals surface area (Å²) in [7, 11) is -1.79. The minimum absolute atomic E-state index is 0.0376. The highest BCUT2D eigenvalue weighted by Crippen LogP contribution is 2.36. The van der Waals surface area contributed by atoms with Gasteiger partial charge in [-0.25, -0.2) is 8.42 Å². The van der Waals surface area contributed by atoms with Crippen LogP contribution < -0.4 is 4.31 Å². The van der Waals surface area contributed by atoms with Crippen LogP contribution in [0.25, 0.3) is 0 Å². The van der Waals surface area contributed by atoms with Crippen molar-refractivity contribution in [2.45, 2.75) is 19.8 Å². The number of rotatable bonds is 3. The molecule has 0 radical (unpaired) electrons. The van der Waals surface area contributed by atoms with Gasteiger partial charge in [0, 0.05) is 25.7 Å². The summed E-state index contributed by atoms with van der Waals surface area (Å²) in [6.45, 7) is 3.80. The van der Waals surface area contributed by atoms with Crippen molar-refractivity contribution in [2.24, 2.45) is 11.8 Å². The minimum Gasteiger partial charge on any atom is -0.338 e. The summed E-state index contributed by atoms with van der Waals surface area (Å²) in [4.78, 5) is 14.7. The van der Waals surface area contributed by atoms with E-state index in [2.05, 4.69) is 13.0 Å². The van der Waals surface area contributed by atoms with Crippen molar-refractivity contribution in [3.05, 3.63) is 41.5 Å². The summed E-state index contributed by atoms with van der Waals surface area (Å²) in [6.07, 6.45) is 5.62. The number of hydrogen-bond donors (Lipinski definition) is 0. The molecule has 3 rings (SSSR count). The van der Waals surface area contributed by atoms with Crippen molar-refractivity contribution in [3.63, 3.8) is 0 Å². The maximum absolute atomic E-state index is 12.7. The van der Waals surface area contributed by atoms with E-state index in [-0.39, 0.29) is 5.91 Å². The molecule has 0 spiro atoms. The monoisotopic (exact) mass is 348 g/mol. The number of nitrogens with zero attached hydrogens (tertiary/aromatic N) is 2. The van der Waals surface area contributed by atoms with Gasteiger partial charge in [0.25, 0.3) is 5.91 Å². The van der Waals surface area contributed by atoms with E-state index in [1.54, 1.807) is 24.3 Å². The number of likely N-dealkylation sites (tertiary alicyclic amines) is 1. The Morgan fingerprint density at radius 3 is 2.42 bits per heavy atom. The highest BCUT2D eigenvalue weighted by atomic mass is 32.2. The molecular weight excluding hydrogens is 324 g/mol. The highest BCUT2D eigenvalue weighted by Gasteiger charge is 2.36. The molecule has 0 aromatic heterocycles. The third-order valence-electron chi connectivity index (χ3n) is 5.19. The van der Waals surface area contributed by atoms with Crippen LogP contribution in [0.5, 0.6) is 0 Å². The standard InChI is InChI=1S/C18H24N2O3S/c1-13-4-5-15-11-20(12-16(15)10-13)18(21)14-6-8-17(9-7-14)19(2)24(3,22)23/h4,6-9,15-16H,5,10-12H2,1-3H3/t15-,16+/m1/s1. The van der Waals surface area contributed by atoms with Crippen LogP contribution in [0.1, 0.15) is 30.1 Å². The number of sulfonamides is 1. The number of carbonyl (C=O) groups is 1. The van der Waals surface area contributed by atoms with Crippen molar-refractivity contribution in [2.75, 3.05) is 30.7 Å². The minimum atomic E-state index is -3.29. The summed E-state index contributed by atoms with van der Waals surface area (Å²) < 4.78 is 24.4. The molecule has 1 aromatic rings. The largest absolute Gasteiger partial charge is 0.338 e. The van der Waals surface area contributed by atoms with E-state index in [0.29, 0.717) is 23.1 Å². The zero-order chi connectivity index (χ0) is 17.5. The third-order valence-corrected chi connectivity index (χ3v) is 6.40. The number of hydrogen-bond acceptors (Lipinski definition) is 3. The number of allylic oxidation sites excluding steroid dienone is 2. The number of amides is 1. The number of carbonyl (C=O) groups excluding carboxylic acids is 1. The van der Waals surface area contributed by atoms with Gasteiger partial charge in [-0.3, -0.25) is 9.10 Å². The highest BCUT2D eigenvalue weighted by molar-refractivity contribution is 7.92. The summed E-state index contributed by atoms with van der Waals surface area (Å²) in [5.74, 6) is 1.19. The van der Waals surface area contributed by atoms with E-state index in [9.17, 15) is 13.2 Å². The van der Waals surface area contributed by atoms with E-state index in [1.165, 1.54) is 16.9 Å². The van der Waals surface area contributed by atoms with Gasteiger partial charge in [-0.2, -0.15) is 0 Å². The Balaban J connectivity index is 1.70. The van der Waals surface area contributed by atoms with E-state index in [4.69, 9.17) is 0 Å². The van der Waals surface area contributed by atoms with Crippen LogP contribution in [-0.2, 0) is 10.0 Å². The molecule has 2 atom stereocenters. The van der Waals surface area contributed by atoms with Crippen LogP contribution in [0.4, 0.5) is 5.69 Å². The predicted molar refractivity (Wildman–Crippen MR) is 95.6 cm³/mol. The number of benzene rings is 1. The lowest BCUT2D eigenvalue weighted by atomic mass is 9.83. The fourth-order valence-electron chi connectivity index (χ4n) is 3.64. The van der Waals surface area contributed by atoms with Crippen molar-refractivity contribution in [1.29, 1.82) is 0 Å². The van der Waals surface area contributed by atoms with Crippen molar-refractivity contribution >= 4 is 21.6 Å². The van der Waals surface area contributed by atoms with Gasteiger partial charge in [0.15, 0.2) is 0 Å². The normalized spacial score (nSPS) is 23.6. The van der Waals surface area contributed by atoms with E-state index in [1.807, 2.05) is 4.90 Å². The van der Waals surface area contributed by atoms with Gasteiger partial charge in [0.2, 0.25) is 10.0 Å². The second-order valence-corrected chi connectivity index (χ2v) is 9.01. The SMILES string of the molecule is CC1=CC[C@@H]2CN(C(=O)c3ccc(N(C)S(C)(=O)=O)cc3)C[C@@H]2C1. The molecule has 0 saturated carbocycles. The Bertz CT molecular complexity index is 768. The van der Waals surface area contributed by atoms with Crippen molar-refractivity contribution < 1.29 is 13.2 Å². The molecule has 24 heavy (non-hydrogen) atoms. The van der Waals surface area contributed by atoms with Crippen molar-refractivity contribution in [3.8, 4) is 0 Å². The lowest BCUT2D eigenvalue weighted by molar-refractivity contribution is 0.0784. The van der Waals surface area contributed by atoms with Crippen LogP contribution in [0, 0.1) is 11.8 Å². The Hall–Kier alpha value is -1.82. The molecule has 1 saturated heterocycles. The average molecular weight is 348 g/mol. The Labute approximate surface area is 144 Å². The Kier molecular flexibility index (Phi) is 4.42. The van der Waals surface area contributed by atoms with Crippen LogP contribution in [0.3, 0.4) is 0 Å². The molecule has 0 bridgehead atoms. The second-order valence-electron chi connectivity index (χ2n) is 7.00. The van der Waals surface area contributed by atoms with Crippen LogP contribution >= 0.6 is 0 Å². The summed E-state index contributed by atoms with van der Waals surface area (Å²) in [6, 6.07) is 6.79. The smallest absolute Gasteiger partial charge is 0.253 e. The van der Waals surface area contributed by atoms with Gasteiger partial charge in [-0.05, 0) is 55.9 Å². The molecule has 1 amide bonds. The average Bonchev–Trinajstić information content (AvgIpc) is 2.95. The van der Waals surface area contributed by atoms with Gasteiger partial charge < -0.3 is 4.90 Å². The molecule has 1 aliphatic carbocycles. The molecule has 2 aliphatic rings. The summed E-state index contributed by atoms with van der Waals surface area (Å²) in [5.41, 5.74) is 2.60. The molecule has 130 valence electrons. The second kappa shape index (κ2) is 6.24. The number of anilines is 1. The first-order valence-corrected chi connectivity index (χ1v) is 10.1. The zero-order valence-corrected chi connectivity index (χ0v) is 15.2. The third kappa shape index (κ3) is 3.34. The first kappa shape index (κ1) is 17.0. The van der Waals surface area contributed by atoms with Crippen LogP contribution in [0.15, 0.2) is 35.9 Å². The van der Waals surface area contributed by atoms with Gasteiger partial charge in [-0.1, -0.05) is 11.6 Å². The summed E-state index contributed by atoms with van der Waals surface area (Å²) in [5, 5.41) is 0. The summed E-state index contributed by atoms with van der Waals surface area (Å²) >= 11 is 0. The first-order chi connectivity index (χ1) is 11.3. The first-order valence-electron chi connectivity index (χ1n) is 8.24.